The van der Waals surface area contributed by atoms with Gasteiger partial charge in [0, 0.05) is 13.1 Å². The third-order valence-electron chi connectivity index (χ3n) is 3.03. The number of nitriles is 1. The van der Waals surface area contributed by atoms with Gasteiger partial charge < -0.3 is 15.2 Å². The van der Waals surface area contributed by atoms with Gasteiger partial charge in [0.25, 0.3) is 0 Å². The summed E-state index contributed by atoms with van der Waals surface area (Å²) in [7, 11) is 0. The molecule has 0 amide bonds. The van der Waals surface area contributed by atoms with Gasteiger partial charge in [-0.1, -0.05) is 36.4 Å². The second kappa shape index (κ2) is 8.05. The van der Waals surface area contributed by atoms with Gasteiger partial charge in [-0.2, -0.15) is 5.26 Å². The molecule has 0 aliphatic rings. The summed E-state index contributed by atoms with van der Waals surface area (Å²) in [6.45, 7) is 1.57. The Balaban J connectivity index is 1.86. The van der Waals surface area contributed by atoms with Gasteiger partial charge in [-0.05, 0) is 28.8 Å². The lowest BCUT2D eigenvalue weighted by atomic mass is 10.1. The first-order chi connectivity index (χ1) is 10.3. The number of aliphatic hydroxyl groups is 1. The van der Waals surface area contributed by atoms with Crippen LogP contribution in [-0.2, 0) is 19.7 Å². The molecule has 108 valence electrons. The smallest absolute Gasteiger partial charge is 0.174 e. The predicted molar refractivity (Wildman–Crippen MR) is 80.5 cm³/mol. The molecule has 0 spiro atoms. The fourth-order valence-corrected chi connectivity index (χ4v) is 2.05. The first kappa shape index (κ1) is 15.0. The van der Waals surface area contributed by atoms with E-state index in [1.807, 2.05) is 54.6 Å². The Bertz CT molecular complexity index is 620. The summed E-state index contributed by atoms with van der Waals surface area (Å²) >= 11 is 0. The molecule has 21 heavy (non-hydrogen) atoms. The van der Waals surface area contributed by atoms with E-state index in [1.54, 1.807) is 0 Å². The van der Waals surface area contributed by atoms with Crippen LogP contribution in [0.2, 0.25) is 0 Å². The van der Waals surface area contributed by atoms with Crippen molar-refractivity contribution in [3.8, 4) is 11.8 Å². The van der Waals surface area contributed by atoms with E-state index in [-0.39, 0.29) is 13.2 Å². The number of ether oxygens (including phenoxy) is 1. The molecule has 2 aromatic carbocycles. The highest BCUT2D eigenvalue weighted by Crippen LogP contribution is 2.13. The molecule has 0 fully saturated rings. The van der Waals surface area contributed by atoms with Gasteiger partial charge in [0.2, 0.25) is 0 Å². The third-order valence-corrected chi connectivity index (χ3v) is 3.03. The maximum absolute atomic E-state index is 9.11. The topological polar surface area (TPSA) is 65.3 Å². The molecule has 2 N–H and O–H groups in total. The molecule has 4 heteroatoms. The maximum Gasteiger partial charge on any atom is 0.174 e. The van der Waals surface area contributed by atoms with Crippen molar-refractivity contribution in [3.05, 3.63) is 65.2 Å². The minimum atomic E-state index is 0.0604. The number of aliphatic hydroxyl groups excluding tert-OH is 1. The summed E-state index contributed by atoms with van der Waals surface area (Å²) in [5, 5.41) is 21.0. The van der Waals surface area contributed by atoms with Crippen molar-refractivity contribution in [2.45, 2.75) is 19.7 Å². The van der Waals surface area contributed by atoms with Crippen LogP contribution in [0.1, 0.15) is 16.7 Å². The molecule has 0 bridgehead atoms. The van der Waals surface area contributed by atoms with Crippen LogP contribution in [0.15, 0.2) is 48.5 Å². The van der Waals surface area contributed by atoms with E-state index in [1.165, 1.54) is 0 Å². The maximum atomic E-state index is 9.11. The number of nitrogens with one attached hydrogen (secondary N) is 1. The molecule has 0 heterocycles. The first-order valence-corrected chi connectivity index (χ1v) is 6.80. The Morgan fingerprint density at radius 2 is 1.67 bits per heavy atom. The van der Waals surface area contributed by atoms with E-state index >= 15 is 0 Å². The minimum absolute atomic E-state index is 0.0604. The van der Waals surface area contributed by atoms with Crippen LogP contribution in [0, 0.1) is 11.3 Å². The van der Waals surface area contributed by atoms with Gasteiger partial charge in [-0.3, -0.25) is 0 Å². The molecular formula is C17H18N2O2. The van der Waals surface area contributed by atoms with Crippen molar-refractivity contribution in [1.29, 1.82) is 5.26 Å². The molecule has 2 aromatic rings. The zero-order valence-corrected chi connectivity index (χ0v) is 11.7. The van der Waals surface area contributed by atoms with Gasteiger partial charge in [0.1, 0.15) is 11.8 Å². The zero-order valence-electron chi connectivity index (χ0n) is 11.7. The van der Waals surface area contributed by atoms with Crippen molar-refractivity contribution < 1.29 is 9.84 Å². The van der Waals surface area contributed by atoms with Crippen LogP contribution < -0.4 is 10.1 Å². The van der Waals surface area contributed by atoms with Gasteiger partial charge in [0.05, 0.1) is 6.61 Å². The average Bonchev–Trinajstić information content (AvgIpc) is 2.53. The van der Waals surface area contributed by atoms with E-state index in [2.05, 4.69) is 5.32 Å². The Hall–Kier alpha value is -2.35. The summed E-state index contributed by atoms with van der Waals surface area (Å²) in [5.74, 6) is 0.707. The molecule has 0 saturated heterocycles. The minimum Gasteiger partial charge on any atom is -0.479 e. The number of rotatable bonds is 7. The number of hydrogen-bond donors (Lipinski definition) is 2. The van der Waals surface area contributed by atoms with Gasteiger partial charge in [-0.25, -0.2) is 0 Å². The zero-order chi connectivity index (χ0) is 14.9. The second-order valence-electron chi connectivity index (χ2n) is 4.68. The lowest BCUT2D eigenvalue weighted by Gasteiger charge is -2.08. The SMILES string of the molecule is N#CCOc1cccc(CNCc2cccc(CO)c2)c1. The fraction of sp³-hybridized carbons (Fsp3) is 0.235. The highest BCUT2D eigenvalue weighted by molar-refractivity contribution is 5.29. The highest BCUT2D eigenvalue weighted by atomic mass is 16.5. The molecule has 0 aliphatic heterocycles. The first-order valence-electron chi connectivity index (χ1n) is 6.80. The van der Waals surface area contributed by atoms with Crippen LogP contribution in [0.5, 0.6) is 5.75 Å². The Morgan fingerprint density at radius 3 is 2.38 bits per heavy atom. The van der Waals surface area contributed by atoms with Gasteiger partial charge in [-0.15, -0.1) is 0 Å². The molecule has 0 aromatic heterocycles. The lowest BCUT2D eigenvalue weighted by Crippen LogP contribution is -2.12. The average molecular weight is 282 g/mol. The molecule has 2 rings (SSSR count). The molecular weight excluding hydrogens is 264 g/mol. The Kier molecular flexibility index (Phi) is 5.77. The number of hydrogen-bond acceptors (Lipinski definition) is 4. The van der Waals surface area contributed by atoms with E-state index in [0.717, 1.165) is 23.2 Å². The molecule has 0 saturated carbocycles. The van der Waals surface area contributed by atoms with Gasteiger partial charge in [0.15, 0.2) is 6.61 Å². The van der Waals surface area contributed by atoms with E-state index in [9.17, 15) is 0 Å². The van der Waals surface area contributed by atoms with Crippen LogP contribution in [-0.4, -0.2) is 11.7 Å². The van der Waals surface area contributed by atoms with Crippen molar-refractivity contribution in [3.63, 3.8) is 0 Å². The molecule has 4 nitrogen and oxygen atoms in total. The largest absolute Gasteiger partial charge is 0.479 e. The standard InChI is InChI=1S/C17H18N2O2/c18-7-8-21-17-6-2-4-15(10-17)12-19-11-14-3-1-5-16(9-14)13-20/h1-6,9-10,19-20H,8,11-13H2. The quantitative estimate of drug-likeness (QED) is 0.818. The fourth-order valence-electron chi connectivity index (χ4n) is 2.05. The van der Waals surface area contributed by atoms with Crippen LogP contribution in [0.4, 0.5) is 0 Å². The van der Waals surface area contributed by atoms with Crippen LogP contribution in [0.25, 0.3) is 0 Å². The second-order valence-corrected chi connectivity index (χ2v) is 4.68. The monoisotopic (exact) mass is 282 g/mol. The number of benzene rings is 2. The van der Waals surface area contributed by atoms with Crippen molar-refractivity contribution in [2.24, 2.45) is 0 Å². The van der Waals surface area contributed by atoms with E-state index in [0.29, 0.717) is 12.3 Å². The molecule has 0 radical (unpaired) electrons. The van der Waals surface area contributed by atoms with Crippen molar-refractivity contribution in [2.75, 3.05) is 6.61 Å². The van der Waals surface area contributed by atoms with Crippen molar-refractivity contribution >= 4 is 0 Å². The van der Waals surface area contributed by atoms with Crippen LogP contribution in [0.3, 0.4) is 0 Å². The summed E-state index contributed by atoms with van der Waals surface area (Å²) in [6, 6.07) is 17.5. The summed E-state index contributed by atoms with van der Waals surface area (Å²) in [4.78, 5) is 0. The van der Waals surface area contributed by atoms with Gasteiger partial charge >= 0.3 is 0 Å². The van der Waals surface area contributed by atoms with Crippen LogP contribution >= 0.6 is 0 Å². The summed E-state index contributed by atoms with van der Waals surface area (Å²) < 4.78 is 5.27. The normalized spacial score (nSPS) is 10.1. The van der Waals surface area contributed by atoms with Crippen molar-refractivity contribution in [1.82, 2.24) is 5.32 Å². The predicted octanol–water partition coefficient (Wildman–Crippen LogP) is 2.37. The lowest BCUT2D eigenvalue weighted by molar-refractivity contribution is 0.281. The molecule has 0 aliphatic carbocycles. The Labute approximate surface area is 124 Å². The summed E-state index contributed by atoms with van der Waals surface area (Å²) in [6.07, 6.45) is 0. The van der Waals surface area contributed by atoms with E-state index < -0.39 is 0 Å². The number of nitrogens with zero attached hydrogens (tertiary/aromatic N) is 1. The highest BCUT2D eigenvalue weighted by Gasteiger charge is 1.98. The van der Waals surface area contributed by atoms with E-state index in [4.69, 9.17) is 15.1 Å². The molecule has 0 atom stereocenters. The Morgan fingerprint density at radius 1 is 1.00 bits per heavy atom. The molecule has 0 unspecified atom stereocenters. The summed E-state index contributed by atoms with van der Waals surface area (Å²) in [5.41, 5.74) is 3.16. The third kappa shape index (κ3) is 4.92.